The van der Waals surface area contributed by atoms with E-state index in [1.165, 1.54) is 24.8 Å². The third kappa shape index (κ3) is 4.13. The van der Waals surface area contributed by atoms with Gasteiger partial charge in [-0.05, 0) is 30.9 Å². The molecule has 0 saturated carbocycles. The summed E-state index contributed by atoms with van der Waals surface area (Å²) in [6.07, 6.45) is 3.81. The van der Waals surface area contributed by atoms with E-state index in [0.29, 0.717) is 0 Å². The van der Waals surface area contributed by atoms with Crippen LogP contribution in [0.15, 0.2) is 18.2 Å². The van der Waals surface area contributed by atoms with E-state index < -0.39 is 0 Å². The average Bonchev–Trinajstić information content (AvgIpc) is 2.21. The summed E-state index contributed by atoms with van der Waals surface area (Å²) in [7, 11) is 0. The molecule has 0 aliphatic rings. The summed E-state index contributed by atoms with van der Waals surface area (Å²) in [6.45, 7) is 7.65. The van der Waals surface area contributed by atoms with Gasteiger partial charge in [0.2, 0.25) is 0 Å². The van der Waals surface area contributed by atoms with Gasteiger partial charge >= 0.3 is 0 Å². The SMILES string of the molecule is Cc1cccc(N)c1NCCCCC(C)C. The van der Waals surface area contributed by atoms with Crippen molar-refractivity contribution < 1.29 is 0 Å². The lowest BCUT2D eigenvalue weighted by Crippen LogP contribution is -2.06. The normalized spacial score (nSPS) is 10.8. The number of nitrogens with two attached hydrogens (primary N) is 1. The van der Waals surface area contributed by atoms with E-state index >= 15 is 0 Å². The molecule has 1 aromatic carbocycles. The lowest BCUT2D eigenvalue weighted by molar-refractivity contribution is 0.545. The number of hydrogen-bond donors (Lipinski definition) is 2. The van der Waals surface area contributed by atoms with Crippen LogP contribution < -0.4 is 11.1 Å². The molecule has 16 heavy (non-hydrogen) atoms. The van der Waals surface area contributed by atoms with E-state index in [2.05, 4.69) is 32.2 Å². The van der Waals surface area contributed by atoms with Crippen LogP contribution >= 0.6 is 0 Å². The molecule has 0 aliphatic heterocycles. The molecule has 0 aliphatic carbocycles. The van der Waals surface area contributed by atoms with Gasteiger partial charge in [0.25, 0.3) is 0 Å². The van der Waals surface area contributed by atoms with Crippen molar-refractivity contribution in [1.82, 2.24) is 0 Å². The second kappa shape index (κ2) is 6.41. The first-order valence-electron chi connectivity index (χ1n) is 6.20. The van der Waals surface area contributed by atoms with Crippen molar-refractivity contribution in [3.63, 3.8) is 0 Å². The molecular formula is C14H24N2. The molecule has 3 N–H and O–H groups in total. The molecule has 0 bridgehead atoms. The highest BCUT2D eigenvalue weighted by atomic mass is 14.9. The predicted molar refractivity (Wildman–Crippen MR) is 72.8 cm³/mol. The van der Waals surface area contributed by atoms with Crippen LogP contribution in [0.1, 0.15) is 38.7 Å². The lowest BCUT2D eigenvalue weighted by Gasteiger charge is -2.12. The Hall–Kier alpha value is -1.18. The Bertz CT molecular complexity index is 298. The number of nitrogens with one attached hydrogen (secondary N) is 1. The zero-order valence-electron chi connectivity index (χ0n) is 10.7. The molecule has 0 amide bonds. The number of anilines is 2. The summed E-state index contributed by atoms with van der Waals surface area (Å²) in [5.41, 5.74) is 9.10. The molecule has 2 nitrogen and oxygen atoms in total. The maximum atomic E-state index is 5.92. The van der Waals surface area contributed by atoms with Crippen LogP contribution in [-0.2, 0) is 0 Å². The van der Waals surface area contributed by atoms with Gasteiger partial charge in [0.05, 0.1) is 11.4 Å². The molecule has 2 heteroatoms. The molecule has 0 fully saturated rings. The average molecular weight is 220 g/mol. The number of benzene rings is 1. The van der Waals surface area contributed by atoms with Crippen molar-refractivity contribution in [2.24, 2.45) is 5.92 Å². The number of hydrogen-bond acceptors (Lipinski definition) is 2. The summed E-state index contributed by atoms with van der Waals surface area (Å²) in [4.78, 5) is 0. The van der Waals surface area contributed by atoms with E-state index in [1.807, 2.05) is 12.1 Å². The van der Waals surface area contributed by atoms with Gasteiger partial charge < -0.3 is 11.1 Å². The van der Waals surface area contributed by atoms with Gasteiger partial charge in [0, 0.05) is 6.54 Å². The molecule has 0 heterocycles. The Morgan fingerprint density at radius 1 is 1.25 bits per heavy atom. The summed E-state index contributed by atoms with van der Waals surface area (Å²) >= 11 is 0. The van der Waals surface area contributed by atoms with Gasteiger partial charge in [0.1, 0.15) is 0 Å². The van der Waals surface area contributed by atoms with E-state index in [0.717, 1.165) is 23.8 Å². The largest absolute Gasteiger partial charge is 0.397 e. The zero-order chi connectivity index (χ0) is 12.0. The molecule has 1 aromatic rings. The van der Waals surface area contributed by atoms with Crippen LogP contribution in [0, 0.1) is 12.8 Å². The highest BCUT2D eigenvalue weighted by molar-refractivity contribution is 5.69. The van der Waals surface area contributed by atoms with E-state index in [-0.39, 0.29) is 0 Å². The smallest absolute Gasteiger partial charge is 0.0603 e. The van der Waals surface area contributed by atoms with E-state index in [4.69, 9.17) is 5.73 Å². The van der Waals surface area contributed by atoms with Gasteiger partial charge in [-0.25, -0.2) is 0 Å². The summed E-state index contributed by atoms with van der Waals surface area (Å²) in [5, 5.41) is 3.43. The molecule has 0 aromatic heterocycles. The van der Waals surface area contributed by atoms with Crippen LogP contribution in [0.3, 0.4) is 0 Å². The quantitative estimate of drug-likeness (QED) is 0.565. The highest BCUT2D eigenvalue weighted by Crippen LogP contribution is 2.22. The number of aryl methyl sites for hydroxylation is 1. The number of rotatable bonds is 6. The minimum Gasteiger partial charge on any atom is -0.397 e. The van der Waals surface area contributed by atoms with Gasteiger partial charge in [-0.1, -0.05) is 38.8 Å². The Morgan fingerprint density at radius 3 is 2.62 bits per heavy atom. The number of para-hydroxylation sites is 1. The molecule has 1 rings (SSSR count). The summed E-state index contributed by atoms with van der Waals surface area (Å²) in [5.74, 6) is 0.809. The van der Waals surface area contributed by atoms with Crippen LogP contribution in [0.5, 0.6) is 0 Å². The molecule has 0 unspecified atom stereocenters. The van der Waals surface area contributed by atoms with Gasteiger partial charge in [-0.15, -0.1) is 0 Å². The van der Waals surface area contributed by atoms with Crippen LogP contribution in [0.25, 0.3) is 0 Å². The van der Waals surface area contributed by atoms with Crippen LogP contribution in [-0.4, -0.2) is 6.54 Å². The maximum absolute atomic E-state index is 5.92. The Morgan fingerprint density at radius 2 is 2.00 bits per heavy atom. The van der Waals surface area contributed by atoms with Crippen molar-refractivity contribution in [3.8, 4) is 0 Å². The maximum Gasteiger partial charge on any atom is 0.0603 e. The van der Waals surface area contributed by atoms with Crippen molar-refractivity contribution in [2.45, 2.75) is 40.0 Å². The van der Waals surface area contributed by atoms with E-state index in [9.17, 15) is 0 Å². The lowest BCUT2D eigenvalue weighted by atomic mass is 10.1. The van der Waals surface area contributed by atoms with Crippen molar-refractivity contribution >= 4 is 11.4 Å². The van der Waals surface area contributed by atoms with E-state index in [1.54, 1.807) is 0 Å². The van der Waals surface area contributed by atoms with Crippen molar-refractivity contribution in [1.29, 1.82) is 0 Å². The third-order valence-electron chi connectivity index (χ3n) is 2.82. The molecule has 90 valence electrons. The Labute approximate surface area is 99.2 Å². The van der Waals surface area contributed by atoms with Gasteiger partial charge in [-0.3, -0.25) is 0 Å². The highest BCUT2D eigenvalue weighted by Gasteiger charge is 2.01. The second-order valence-corrected chi connectivity index (χ2v) is 4.86. The Kier molecular flexibility index (Phi) is 5.17. The fourth-order valence-electron chi connectivity index (χ4n) is 1.82. The van der Waals surface area contributed by atoms with Crippen LogP contribution in [0.4, 0.5) is 11.4 Å². The predicted octanol–water partition coefficient (Wildman–Crippen LogP) is 3.82. The number of nitrogen functional groups attached to an aromatic ring is 1. The fourth-order valence-corrected chi connectivity index (χ4v) is 1.82. The summed E-state index contributed by atoms with van der Waals surface area (Å²) in [6, 6.07) is 6.03. The topological polar surface area (TPSA) is 38.0 Å². The Balaban J connectivity index is 2.32. The van der Waals surface area contributed by atoms with Gasteiger partial charge in [0.15, 0.2) is 0 Å². The minimum atomic E-state index is 0.809. The molecule has 0 spiro atoms. The third-order valence-corrected chi connectivity index (χ3v) is 2.82. The minimum absolute atomic E-state index is 0.809. The monoisotopic (exact) mass is 220 g/mol. The molecule has 0 saturated heterocycles. The van der Waals surface area contributed by atoms with Crippen molar-refractivity contribution in [3.05, 3.63) is 23.8 Å². The second-order valence-electron chi connectivity index (χ2n) is 4.86. The zero-order valence-corrected chi connectivity index (χ0v) is 10.7. The van der Waals surface area contributed by atoms with Gasteiger partial charge in [-0.2, -0.15) is 0 Å². The van der Waals surface area contributed by atoms with Crippen LogP contribution in [0.2, 0.25) is 0 Å². The fraction of sp³-hybridized carbons (Fsp3) is 0.571. The first-order chi connectivity index (χ1) is 7.61. The first-order valence-corrected chi connectivity index (χ1v) is 6.20. The number of unbranched alkanes of at least 4 members (excludes halogenated alkanes) is 1. The molecule has 0 atom stereocenters. The summed E-state index contributed by atoms with van der Waals surface area (Å²) < 4.78 is 0. The molecule has 0 radical (unpaired) electrons. The first kappa shape index (κ1) is 12.9. The van der Waals surface area contributed by atoms with Crippen molar-refractivity contribution in [2.75, 3.05) is 17.6 Å². The standard InChI is InChI=1S/C14H24N2/c1-11(2)7-4-5-10-16-14-12(3)8-6-9-13(14)15/h6,8-9,11,16H,4-5,7,10,15H2,1-3H3. The molecular weight excluding hydrogens is 196 g/mol.